The lowest BCUT2D eigenvalue weighted by molar-refractivity contribution is 0.176. The van der Waals surface area contributed by atoms with Crippen molar-refractivity contribution < 1.29 is 9.47 Å². The molecule has 2 rings (SSSR count). The molecule has 0 amide bonds. The summed E-state index contributed by atoms with van der Waals surface area (Å²) >= 11 is 0. The summed E-state index contributed by atoms with van der Waals surface area (Å²) in [6.45, 7) is 2.99. The summed E-state index contributed by atoms with van der Waals surface area (Å²) in [4.78, 5) is 8.80. The molecule has 1 saturated carbocycles. The van der Waals surface area contributed by atoms with E-state index >= 15 is 0 Å². The van der Waals surface area contributed by atoms with Crippen molar-refractivity contribution in [3.8, 4) is 5.88 Å². The van der Waals surface area contributed by atoms with Gasteiger partial charge in [-0.05, 0) is 19.3 Å². The van der Waals surface area contributed by atoms with Crippen LogP contribution in [0.25, 0.3) is 0 Å². The average Bonchev–Trinajstić information content (AvgIpc) is 2.50. The molecule has 21 heavy (non-hydrogen) atoms. The van der Waals surface area contributed by atoms with Crippen LogP contribution in [0.15, 0.2) is 0 Å². The zero-order valence-corrected chi connectivity index (χ0v) is 13.0. The van der Waals surface area contributed by atoms with E-state index in [9.17, 15) is 0 Å². The molecule has 1 aromatic rings. The van der Waals surface area contributed by atoms with Gasteiger partial charge in [0.15, 0.2) is 11.6 Å². The molecule has 1 fully saturated rings. The van der Waals surface area contributed by atoms with Crippen molar-refractivity contribution >= 4 is 11.5 Å². The molecule has 3 N–H and O–H groups in total. The Morgan fingerprint density at radius 2 is 2.00 bits per heavy atom. The minimum atomic E-state index is 0.349. The van der Waals surface area contributed by atoms with Crippen LogP contribution in [-0.4, -0.2) is 29.7 Å². The van der Waals surface area contributed by atoms with E-state index in [1.165, 1.54) is 19.3 Å². The van der Waals surface area contributed by atoms with E-state index in [1.807, 2.05) is 0 Å². The molecule has 0 unspecified atom stereocenters. The number of nitrogens with zero attached hydrogens (tertiary/aromatic N) is 2. The molecular weight excluding hydrogens is 268 g/mol. The van der Waals surface area contributed by atoms with Crippen molar-refractivity contribution in [1.29, 1.82) is 0 Å². The third-order valence-electron chi connectivity index (χ3n) is 3.62. The van der Waals surface area contributed by atoms with Gasteiger partial charge in [0.2, 0.25) is 5.88 Å². The maximum atomic E-state index is 6.15. The molecule has 0 radical (unpaired) electrons. The van der Waals surface area contributed by atoms with Gasteiger partial charge in [-0.15, -0.1) is 0 Å². The first-order chi connectivity index (χ1) is 10.2. The van der Waals surface area contributed by atoms with Gasteiger partial charge in [-0.3, -0.25) is 0 Å². The van der Waals surface area contributed by atoms with Gasteiger partial charge in [-0.1, -0.05) is 26.2 Å². The fraction of sp³-hybridized carbons (Fsp3) is 0.733. The summed E-state index contributed by atoms with van der Waals surface area (Å²) in [7, 11) is 1.63. The maximum Gasteiger partial charge on any atom is 0.242 e. The van der Waals surface area contributed by atoms with E-state index in [0.717, 1.165) is 19.3 Å². The van der Waals surface area contributed by atoms with Crippen LogP contribution in [0.5, 0.6) is 5.88 Å². The van der Waals surface area contributed by atoms with E-state index < -0.39 is 0 Å². The van der Waals surface area contributed by atoms with Gasteiger partial charge in [0.25, 0.3) is 0 Å². The molecular formula is C15H26N4O2. The van der Waals surface area contributed by atoms with Gasteiger partial charge in [0, 0.05) is 13.2 Å². The molecule has 0 bridgehead atoms. The third-order valence-corrected chi connectivity index (χ3v) is 3.62. The molecule has 118 valence electrons. The van der Waals surface area contributed by atoms with Crippen LogP contribution in [0, 0.1) is 0 Å². The number of rotatable bonds is 7. The lowest BCUT2D eigenvalue weighted by atomic mass is 9.95. The Kier molecular flexibility index (Phi) is 6.04. The number of nitrogens with one attached hydrogen (secondary N) is 1. The highest BCUT2D eigenvalue weighted by molar-refractivity contribution is 5.67. The van der Waals surface area contributed by atoms with Gasteiger partial charge in [0.05, 0.1) is 6.61 Å². The Morgan fingerprint density at radius 3 is 2.67 bits per heavy atom. The van der Waals surface area contributed by atoms with Crippen LogP contribution in [0.1, 0.15) is 51.3 Å². The Bertz CT molecular complexity index is 448. The minimum absolute atomic E-state index is 0.349. The second kappa shape index (κ2) is 8.02. The summed E-state index contributed by atoms with van der Waals surface area (Å²) in [6, 6.07) is 0.436. The van der Waals surface area contributed by atoms with Crippen LogP contribution < -0.4 is 15.8 Å². The van der Waals surface area contributed by atoms with Crippen molar-refractivity contribution in [2.75, 3.05) is 24.8 Å². The number of ether oxygens (including phenoxy) is 2. The number of aromatic nitrogens is 2. The number of hydrogen-bond acceptors (Lipinski definition) is 6. The fourth-order valence-corrected chi connectivity index (χ4v) is 2.55. The van der Waals surface area contributed by atoms with Crippen molar-refractivity contribution in [2.24, 2.45) is 0 Å². The van der Waals surface area contributed by atoms with Crippen molar-refractivity contribution in [1.82, 2.24) is 9.97 Å². The van der Waals surface area contributed by atoms with Crippen LogP contribution in [-0.2, 0) is 11.3 Å². The Morgan fingerprint density at radius 1 is 1.24 bits per heavy atom. The molecule has 1 heterocycles. The number of nitrogens with two attached hydrogens (primary N) is 1. The minimum Gasteiger partial charge on any atom is -0.476 e. The van der Waals surface area contributed by atoms with Crippen molar-refractivity contribution in [2.45, 2.75) is 58.1 Å². The Balaban J connectivity index is 2.17. The molecule has 0 aliphatic heterocycles. The van der Waals surface area contributed by atoms with E-state index in [2.05, 4.69) is 22.2 Å². The Labute approximate surface area is 126 Å². The maximum absolute atomic E-state index is 6.15. The predicted molar refractivity (Wildman–Crippen MR) is 83.4 cm³/mol. The van der Waals surface area contributed by atoms with E-state index in [4.69, 9.17) is 15.2 Å². The lowest BCUT2D eigenvalue weighted by Crippen LogP contribution is -2.24. The predicted octanol–water partition coefficient (Wildman–Crippen LogP) is 2.74. The SMILES string of the molecule is CCCOc1nc(COC)nc(NC2CCCCC2)c1N. The standard InChI is InChI=1S/C15H26N4O2/c1-3-9-21-15-13(16)14(18-12(19-15)10-20-2)17-11-7-5-4-6-8-11/h11H,3-10,16H2,1-2H3,(H,17,18,19). The number of nitrogen functional groups attached to an aromatic ring is 1. The molecule has 0 saturated heterocycles. The van der Waals surface area contributed by atoms with Crippen LogP contribution in [0.4, 0.5) is 11.5 Å². The van der Waals surface area contributed by atoms with Gasteiger partial charge in [-0.2, -0.15) is 4.98 Å². The topological polar surface area (TPSA) is 82.3 Å². The summed E-state index contributed by atoms with van der Waals surface area (Å²) < 4.78 is 10.8. The second-order valence-corrected chi connectivity index (χ2v) is 5.47. The molecule has 0 aromatic carbocycles. The molecule has 1 aliphatic rings. The first-order valence-electron chi connectivity index (χ1n) is 7.79. The number of hydrogen-bond donors (Lipinski definition) is 2. The van der Waals surface area contributed by atoms with E-state index in [1.54, 1.807) is 7.11 Å². The third kappa shape index (κ3) is 4.46. The zero-order chi connectivity index (χ0) is 15.1. The zero-order valence-electron chi connectivity index (χ0n) is 13.0. The first kappa shape index (κ1) is 15.8. The summed E-state index contributed by atoms with van der Waals surface area (Å²) in [5.74, 6) is 1.73. The smallest absolute Gasteiger partial charge is 0.242 e. The molecule has 0 spiro atoms. The van der Waals surface area contributed by atoms with Crippen molar-refractivity contribution in [3.63, 3.8) is 0 Å². The van der Waals surface area contributed by atoms with Crippen LogP contribution in [0.3, 0.4) is 0 Å². The molecule has 6 heteroatoms. The van der Waals surface area contributed by atoms with Gasteiger partial charge in [-0.25, -0.2) is 4.98 Å². The summed E-state index contributed by atoms with van der Waals surface area (Å²) in [5.41, 5.74) is 6.65. The molecule has 1 aliphatic carbocycles. The summed E-state index contributed by atoms with van der Waals surface area (Å²) in [6.07, 6.45) is 7.06. The highest BCUT2D eigenvalue weighted by Gasteiger charge is 2.18. The number of methoxy groups -OCH3 is 1. The highest BCUT2D eigenvalue weighted by Crippen LogP contribution is 2.29. The lowest BCUT2D eigenvalue weighted by Gasteiger charge is -2.24. The van der Waals surface area contributed by atoms with Gasteiger partial charge in [0.1, 0.15) is 12.3 Å². The molecule has 0 atom stereocenters. The summed E-state index contributed by atoms with van der Waals surface area (Å²) in [5, 5.41) is 3.45. The van der Waals surface area contributed by atoms with Crippen LogP contribution in [0.2, 0.25) is 0 Å². The van der Waals surface area contributed by atoms with Gasteiger partial charge >= 0.3 is 0 Å². The van der Waals surface area contributed by atoms with E-state index in [0.29, 0.717) is 42.5 Å². The molecule has 6 nitrogen and oxygen atoms in total. The second-order valence-electron chi connectivity index (χ2n) is 5.47. The van der Waals surface area contributed by atoms with Crippen LogP contribution >= 0.6 is 0 Å². The highest BCUT2D eigenvalue weighted by atomic mass is 16.5. The molecule has 1 aromatic heterocycles. The number of anilines is 2. The Hall–Kier alpha value is -1.56. The normalized spacial score (nSPS) is 15.9. The fourth-order valence-electron chi connectivity index (χ4n) is 2.55. The van der Waals surface area contributed by atoms with E-state index in [-0.39, 0.29) is 0 Å². The first-order valence-corrected chi connectivity index (χ1v) is 7.79. The van der Waals surface area contributed by atoms with Gasteiger partial charge < -0.3 is 20.5 Å². The average molecular weight is 294 g/mol. The quantitative estimate of drug-likeness (QED) is 0.804. The monoisotopic (exact) mass is 294 g/mol. The largest absolute Gasteiger partial charge is 0.476 e. The van der Waals surface area contributed by atoms with Crippen molar-refractivity contribution in [3.05, 3.63) is 5.82 Å².